The summed E-state index contributed by atoms with van der Waals surface area (Å²) in [5, 5.41) is 0. The number of carbonyl (C=O) groups excluding carboxylic acids is 1. The molecule has 1 aromatic carbocycles. The lowest BCUT2D eigenvalue weighted by molar-refractivity contribution is -0.247. The highest BCUT2D eigenvalue weighted by Gasteiger charge is 2.08. The van der Waals surface area contributed by atoms with Crippen molar-refractivity contribution in [3.05, 3.63) is 29.8 Å². The minimum absolute atomic E-state index is 0.226. The van der Waals surface area contributed by atoms with Gasteiger partial charge in [-0.05, 0) is 37.1 Å². The summed E-state index contributed by atoms with van der Waals surface area (Å²) < 4.78 is 10.6. The molecule has 0 heterocycles. The zero-order valence-electron chi connectivity index (χ0n) is 12.1. The molecule has 0 atom stereocenters. The molecule has 1 rings (SSSR count). The first-order valence-corrected chi connectivity index (χ1v) is 6.92. The molecule has 0 N–H and O–H groups in total. The van der Waals surface area contributed by atoms with E-state index in [0.29, 0.717) is 25.4 Å². The number of rotatable bonds is 10. The summed E-state index contributed by atoms with van der Waals surface area (Å²) in [7, 11) is 0. The van der Waals surface area contributed by atoms with Gasteiger partial charge in [-0.3, -0.25) is 4.89 Å². The highest BCUT2D eigenvalue weighted by atomic mass is 17.2. The fraction of sp³-hybridized carbons (Fsp3) is 0.533. The zero-order chi connectivity index (χ0) is 14.6. The maximum atomic E-state index is 11.6. The van der Waals surface area contributed by atoms with Crippen molar-refractivity contribution in [1.29, 1.82) is 0 Å². The van der Waals surface area contributed by atoms with Gasteiger partial charge in [-0.15, -0.1) is 0 Å². The van der Waals surface area contributed by atoms with Crippen molar-refractivity contribution in [2.24, 2.45) is 0 Å². The molecular formula is C15H22O5. The molecule has 0 radical (unpaired) electrons. The molecule has 0 aliphatic rings. The Morgan fingerprint density at radius 2 is 1.65 bits per heavy atom. The van der Waals surface area contributed by atoms with E-state index in [-0.39, 0.29) is 6.61 Å². The number of carbonyl (C=O) groups is 1. The molecule has 0 aromatic heterocycles. The number of benzene rings is 1. The first-order chi connectivity index (χ1) is 9.77. The molecule has 5 nitrogen and oxygen atoms in total. The van der Waals surface area contributed by atoms with Crippen LogP contribution in [0.2, 0.25) is 0 Å². The van der Waals surface area contributed by atoms with Gasteiger partial charge in [0.15, 0.2) is 0 Å². The smallest absolute Gasteiger partial charge is 0.373 e. The maximum absolute atomic E-state index is 11.6. The molecule has 112 valence electrons. The van der Waals surface area contributed by atoms with E-state index < -0.39 is 5.97 Å². The number of ether oxygens (including phenoxy) is 2. The molecule has 0 amide bonds. The van der Waals surface area contributed by atoms with Gasteiger partial charge in [0.2, 0.25) is 0 Å². The van der Waals surface area contributed by atoms with E-state index >= 15 is 0 Å². The molecule has 1 aromatic rings. The van der Waals surface area contributed by atoms with E-state index in [2.05, 4.69) is 4.89 Å². The molecule has 0 unspecified atom stereocenters. The standard InChI is InChI=1S/C15H22O5/c1-3-9-17-11-12-19-20-15(16)13-5-7-14(8-6-13)18-10-4-2/h5-8H,3-4,9-12H2,1-2H3. The van der Waals surface area contributed by atoms with Crippen molar-refractivity contribution >= 4 is 5.97 Å². The van der Waals surface area contributed by atoms with Crippen molar-refractivity contribution in [3.63, 3.8) is 0 Å². The highest BCUT2D eigenvalue weighted by Crippen LogP contribution is 2.13. The molecule has 0 bridgehead atoms. The Balaban J connectivity index is 2.25. The van der Waals surface area contributed by atoms with E-state index in [1.54, 1.807) is 24.3 Å². The molecule has 5 heteroatoms. The van der Waals surface area contributed by atoms with Crippen LogP contribution in [0.1, 0.15) is 37.0 Å². The lowest BCUT2D eigenvalue weighted by Gasteiger charge is -2.06. The van der Waals surface area contributed by atoms with Crippen molar-refractivity contribution in [1.82, 2.24) is 0 Å². The normalized spacial score (nSPS) is 10.3. The monoisotopic (exact) mass is 282 g/mol. The lowest BCUT2D eigenvalue weighted by atomic mass is 10.2. The fourth-order valence-corrected chi connectivity index (χ4v) is 1.39. The molecule has 0 saturated heterocycles. The molecule has 20 heavy (non-hydrogen) atoms. The first-order valence-electron chi connectivity index (χ1n) is 6.92. The Morgan fingerprint density at radius 3 is 2.30 bits per heavy atom. The van der Waals surface area contributed by atoms with Crippen molar-refractivity contribution in [2.75, 3.05) is 26.4 Å². The maximum Gasteiger partial charge on any atom is 0.373 e. The van der Waals surface area contributed by atoms with Gasteiger partial charge in [0.05, 0.1) is 18.8 Å². The second kappa shape index (κ2) is 10.2. The number of hydrogen-bond acceptors (Lipinski definition) is 5. The van der Waals surface area contributed by atoms with Crippen LogP contribution in [0.25, 0.3) is 0 Å². The van der Waals surface area contributed by atoms with E-state index in [1.807, 2.05) is 13.8 Å². The van der Waals surface area contributed by atoms with Gasteiger partial charge in [0, 0.05) is 6.61 Å². The van der Waals surface area contributed by atoms with Crippen LogP contribution in [0, 0.1) is 0 Å². The SMILES string of the molecule is CCCOCCOOC(=O)c1ccc(OCCC)cc1. The third kappa shape index (κ3) is 6.54. The van der Waals surface area contributed by atoms with Crippen LogP contribution in [0.3, 0.4) is 0 Å². The Labute approximate surface area is 119 Å². The summed E-state index contributed by atoms with van der Waals surface area (Å²) in [5.41, 5.74) is 0.420. The minimum Gasteiger partial charge on any atom is -0.494 e. The summed E-state index contributed by atoms with van der Waals surface area (Å²) in [6.45, 7) is 6.03. The van der Waals surface area contributed by atoms with Crippen LogP contribution in [-0.2, 0) is 14.5 Å². The van der Waals surface area contributed by atoms with Gasteiger partial charge >= 0.3 is 5.97 Å². The highest BCUT2D eigenvalue weighted by molar-refractivity contribution is 5.89. The zero-order valence-corrected chi connectivity index (χ0v) is 12.1. The van der Waals surface area contributed by atoms with Crippen LogP contribution in [0.4, 0.5) is 0 Å². The van der Waals surface area contributed by atoms with E-state index in [9.17, 15) is 4.79 Å². The quantitative estimate of drug-likeness (QED) is 0.375. The third-order valence-electron chi connectivity index (χ3n) is 2.36. The van der Waals surface area contributed by atoms with Gasteiger partial charge in [-0.25, -0.2) is 4.79 Å². The predicted molar refractivity (Wildman–Crippen MR) is 74.7 cm³/mol. The van der Waals surface area contributed by atoms with E-state index in [1.165, 1.54) is 0 Å². The topological polar surface area (TPSA) is 54.0 Å². The molecule has 0 aliphatic carbocycles. The van der Waals surface area contributed by atoms with Gasteiger partial charge in [-0.2, -0.15) is 4.89 Å². The number of hydrogen-bond donors (Lipinski definition) is 0. The summed E-state index contributed by atoms with van der Waals surface area (Å²) >= 11 is 0. The Morgan fingerprint density at radius 1 is 0.950 bits per heavy atom. The second-order valence-corrected chi connectivity index (χ2v) is 4.18. The Bertz CT molecular complexity index is 374. The summed E-state index contributed by atoms with van der Waals surface area (Å²) in [6, 6.07) is 6.75. The molecule has 0 aliphatic heterocycles. The van der Waals surface area contributed by atoms with Crippen LogP contribution >= 0.6 is 0 Å². The van der Waals surface area contributed by atoms with Crippen LogP contribution < -0.4 is 4.74 Å². The second-order valence-electron chi connectivity index (χ2n) is 4.18. The average Bonchev–Trinajstić information content (AvgIpc) is 2.49. The van der Waals surface area contributed by atoms with Gasteiger partial charge in [0.25, 0.3) is 0 Å². The Hall–Kier alpha value is -1.59. The molecule has 0 fully saturated rings. The van der Waals surface area contributed by atoms with Crippen LogP contribution in [0.5, 0.6) is 5.75 Å². The average molecular weight is 282 g/mol. The predicted octanol–water partition coefficient (Wildman–Crippen LogP) is 2.99. The lowest BCUT2D eigenvalue weighted by Crippen LogP contribution is -2.10. The Kier molecular flexibility index (Phi) is 8.42. The fourth-order valence-electron chi connectivity index (χ4n) is 1.39. The van der Waals surface area contributed by atoms with E-state index in [4.69, 9.17) is 14.4 Å². The van der Waals surface area contributed by atoms with Crippen molar-refractivity contribution in [2.45, 2.75) is 26.7 Å². The summed E-state index contributed by atoms with van der Waals surface area (Å²) in [4.78, 5) is 21.1. The van der Waals surface area contributed by atoms with Gasteiger partial charge in [-0.1, -0.05) is 13.8 Å². The van der Waals surface area contributed by atoms with Crippen LogP contribution in [-0.4, -0.2) is 32.4 Å². The largest absolute Gasteiger partial charge is 0.494 e. The van der Waals surface area contributed by atoms with Crippen molar-refractivity contribution in [3.8, 4) is 5.75 Å². The van der Waals surface area contributed by atoms with Crippen molar-refractivity contribution < 1.29 is 24.0 Å². The van der Waals surface area contributed by atoms with E-state index in [0.717, 1.165) is 18.6 Å². The third-order valence-corrected chi connectivity index (χ3v) is 2.36. The van der Waals surface area contributed by atoms with Gasteiger partial charge in [0.1, 0.15) is 12.4 Å². The summed E-state index contributed by atoms with van der Waals surface area (Å²) in [6.07, 6.45) is 1.89. The molecule has 0 saturated carbocycles. The minimum atomic E-state index is -0.525. The molecular weight excluding hydrogens is 260 g/mol. The van der Waals surface area contributed by atoms with Gasteiger partial charge < -0.3 is 9.47 Å². The first kappa shape index (κ1) is 16.5. The van der Waals surface area contributed by atoms with Crippen LogP contribution in [0.15, 0.2) is 24.3 Å². The summed E-state index contributed by atoms with van der Waals surface area (Å²) in [5.74, 6) is 0.208. The molecule has 0 spiro atoms.